The summed E-state index contributed by atoms with van der Waals surface area (Å²) in [5.74, 6) is 2.92. The van der Waals surface area contributed by atoms with Crippen LogP contribution in [-0.2, 0) is 4.79 Å². The van der Waals surface area contributed by atoms with E-state index in [1.54, 1.807) is 0 Å². The minimum atomic E-state index is 0.155. The monoisotopic (exact) mass is 305 g/mol. The standard InChI is InChI=1S/C18H31N3O/c1-17(11-19)2-3-21(12-17)10-16(22)20-18-7-13-4-14(8-18)6-15(5-13)9-18/h13-15H,2-12,19H2,1H3,(H,20,22). The summed E-state index contributed by atoms with van der Waals surface area (Å²) >= 11 is 0. The van der Waals surface area contributed by atoms with Crippen LogP contribution in [0.4, 0.5) is 0 Å². The van der Waals surface area contributed by atoms with Crippen LogP contribution in [0, 0.1) is 23.2 Å². The maximum Gasteiger partial charge on any atom is 0.234 e. The lowest BCUT2D eigenvalue weighted by Gasteiger charge is -2.57. The molecule has 22 heavy (non-hydrogen) atoms. The Labute approximate surface area is 134 Å². The average molecular weight is 305 g/mol. The van der Waals surface area contributed by atoms with Gasteiger partial charge in [-0.2, -0.15) is 0 Å². The first-order valence-corrected chi connectivity index (χ1v) is 9.21. The summed E-state index contributed by atoms with van der Waals surface area (Å²) in [6.07, 6.45) is 9.12. The number of hydrogen-bond donors (Lipinski definition) is 2. The van der Waals surface area contributed by atoms with Crippen LogP contribution >= 0.6 is 0 Å². The molecule has 4 nitrogen and oxygen atoms in total. The summed E-state index contributed by atoms with van der Waals surface area (Å²) in [5.41, 5.74) is 6.23. The van der Waals surface area contributed by atoms with Crippen LogP contribution in [0.1, 0.15) is 51.9 Å². The minimum Gasteiger partial charge on any atom is -0.350 e. The van der Waals surface area contributed by atoms with Crippen molar-refractivity contribution in [3.63, 3.8) is 0 Å². The molecule has 1 atom stereocenters. The number of hydrogen-bond acceptors (Lipinski definition) is 3. The van der Waals surface area contributed by atoms with E-state index in [4.69, 9.17) is 5.73 Å². The second-order valence-corrected chi connectivity index (χ2v) is 9.22. The summed E-state index contributed by atoms with van der Waals surface area (Å²) in [4.78, 5) is 14.9. The molecule has 5 rings (SSSR count). The molecule has 3 N–H and O–H groups in total. The number of nitrogens with one attached hydrogen (secondary N) is 1. The van der Waals surface area contributed by atoms with Gasteiger partial charge in [-0.25, -0.2) is 0 Å². The molecule has 124 valence electrons. The van der Waals surface area contributed by atoms with Crippen molar-refractivity contribution in [2.24, 2.45) is 28.9 Å². The Kier molecular flexibility index (Phi) is 3.53. The lowest BCUT2D eigenvalue weighted by molar-refractivity contribution is -0.127. The Bertz CT molecular complexity index is 428. The first-order valence-electron chi connectivity index (χ1n) is 9.21. The van der Waals surface area contributed by atoms with E-state index in [9.17, 15) is 4.79 Å². The molecule has 1 amide bonds. The van der Waals surface area contributed by atoms with Crippen molar-refractivity contribution in [2.75, 3.05) is 26.2 Å². The summed E-state index contributed by atoms with van der Waals surface area (Å²) in [6.45, 7) is 5.52. The third-order valence-electron chi connectivity index (χ3n) is 6.94. The highest BCUT2D eigenvalue weighted by Crippen LogP contribution is 2.55. The minimum absolute atomic E-state index is 0.155. The molecule has 4 bridgehead atoms. The third kappa shape index (κ3) is 2.69. The molecule has 1 aliphatic heterocycles. The zero-order valence-corrected chi connectivity index (χ0v) is 13.9. The van der Waals surface area contributed by atoms with Crippen molar-refractivity contribution in [1.29, 1.82) is 0 Å². The SMILES string of the molecule is CC1(CN)CCN(CC(=O)NC23CC4CC(CC(C4)C2)C3)C1. The fourth-order valence-corrected chi connectivity index (χ4v) is 6.23. The molecule has 1 saturated heterocycles. The number of likely N-dealkylation sites (tertiary alicyclic amines) is 1. The van der Waals surface area contributed by atoms with E-state index in [1.807, 2.05) is 0 Å². The number of carbonyl (C=O) groups excluding carboxylic acids is 1. The largest absolute Gasteiger partial charge is 0.350 e. The number of nitrogens with two attached hydrogens (primary N) is 1. The lowest BCUT2D eigenvalue weighted by Crippen LogP contribution is -2.60. The molecular weight excluding hydrogens is 274 g/mol. The number of carbonyl (C=O) groups is 1. The van der Waals surface area contributed by atoms with Gasteiger partial charge in [0.2, 0.25) is 5.91 Å². The maximum atomic E-state index is 12.6. The van der Waals surface area contributed by atoms with Gasteiger partial charge < -0.3 is 11.1 Å². The second-order valence-electron chi connectivity index (χ2n) is 9.22. The van der Waals surface area contributed by atoms with Gasteiger partial charge in [0.05, 0.1) is 6.54 Å². The molecule has 0 aromatic heterocycles. The molecule has 0 aromatic carbocycles. The van der Waals surface area contributed by atoms with E-state index in [2.05, 4.69) is 17.1 Å². The number of rotatable bonds is 4. The van der Waals surface area contributed by atoms with E-state index in [0.717, 1.165) is 43.8 Å². The van der Waals surface area contributed by atoms with Crippen LogP contribution in [-0.4, -0.2) is 42.5 Å². The molecule has 5 aliphatic rings. The smallest absolute Gasteiger partial charge is 0.234 e. The Morgan fingerprint density at radius 1 is 1.18 bits per heavy atom. The van der Waals surface area contributed by atoms with E-state index < -0.39 is 0 Å². The Hall–Kier alpha value is -0.610. The van der Waals surface area contributed by atoms with Crippen LogP contribution in [0.5, 0.6) is 0 Å². The Balaban J connectivity index is 1.35. The summed E-state index contributed by atoms with van der Waals surface area (Å²) < 4.78 is 0. The van der Waals surface area contributed by atoms with Crippen molar-refractivity contribution in [2.45, 2.75) is 57.4 Å². The van der Waals surface area contributed by atoms with Gasteiger partial charge in [0, 0.05) is 12.1 Å². The summed E-state index contributed by atoms with van der Waals surface area (Å²) in [6, 6.07) is 0. The van der Waals surface area contributed by atoms with Crippen LogP contribution in [0.15, 0.2) is 0 Å². The van der Waals surface area contributed by atoms with Gasteiger partial charge >= 0.3 is 0 Å². The molecule has 4 aliphatic carbocycles. The summed E-state index contributed by atoms with van der Waals surface area (Å²) in [5, 5.41) is 3.48. The van der Waals surface area contributed by atoms with Crippen molar-refractivity contribution in [3.05, 3.63) is 0 Å². The van der Waals surface area contributed by atoms with Gasteiger partial charge in [0.1, 0.15) is 0 Å². The zero-order valence-electron chi connectivity index (χ0n) is 13.9. The first kappa shape index (κ1) is 14.9. The molecule has 4 heteroatoms. The van der Waals surface area contributed by atoms with Crippen molar-refractivity contribution in [3.8, 4) is 0 Å². The van der Waals surface area contributed by atoms with Gasteiger partial charge in [0.15, 0.2) is 0 Å². The molecule has 4 saturated carbocycles. The molecule has 0 aromatic rings. The Morgan fingerprint density at radius 3 is 2.27 bits per heavy atom. The predicted octanol–water partition coefficient (Wildman–Crippen LogP) is 1.74. The molecule has 5 fully saturated rings. The van der Waals surface area contributed by atoms with Gasteiger partial charge in [-0.15, -0.1) is 0 Å². The predicted molar refractivity (Wildman–Crippen MR) is 87.3 cm³/mol. The molecule has 1 unspecified atom stereocenters. The highest BCUT2D eigenvalue weighted by molar-refractivity contribution is 5.79. The van der Waals surface area contributed by atoms with Gasteiger partial charge in [0.25, 0.3) is 0 Å². The Morgan fingerprint density at radius 2 is 1.77 bits per heavy atom. The molecule has 0 spiro atoms. The normalized spacial score (nSPS) is 47.1. The zero-order chi connectivity index (χ0) is 15.4. The van der Waals surface area contributed by atoms with Crippen LogP contribution in [0.2, 0.25) is 0 Å². The van der Waals surface area contributed by atoms with Gasteiger partial charge in [-0.05, 0) is 81.2 Å². The highest BCUT2D eigenvalue weighted by atomic mass is 16.2. The van der Waals surface area contributed by atoms with Crippen molar-refractivity contribution in [1.82, 2.24) is 10.2 Å². The van der Waals surface area contributed by atoms with Crippen molar-refractivity contribution < 1.29 is 4.79 Å². The van der Waals surface area contributed by atoms with Crippen LogP contribution in [0.3, 0.4) is 0 Å². The average Bonchev–Trinajstić information content (AvgIpc) is 2.78. The van der Waals surface area contributed by atoms with Crippen molar-refractivity contribution >= 4 is 5.91 Å². The fraction of sp³-hybridized carbons (Fsp3) is 0.944. The fourth-order valence-electron chi connectivity index (χ4n) is 6.23. The molecule has 0 radical (unpaired) electrons. The quantitative estimate of drug-likeness (QED) is 0.832. The molecule has 1 heterocycles. The van der Waals surface area contributed by atoms with Gasteiger partial charge in [-0.3, -0.25) is 9.69 Å². The second kappa shape index (κ2) is 5.20. The third-order valence-corrected chi connectivity index (χ3v) is 6.94. The molecular formula is C18H31N3O. The first-order chi connectivity index (χ1) is 10.5. The maximum absolute atomic E-state index is 12.6. The van der Waals surface area contributed by atoms with E-state index in [0.29, 0.717) is 6.54 Å². The lowest BCUT2D eigenvalue weighted by atomic mass is 9.53. The van der Waals surface area contributed by atoms with E-state index >= 15 is 0 Å². The summed E-state index contributed by atoms with van der Waals surface area (Å²) in [7, 11) is 0. The van der Waals surface area contributed by atoms with Crippen LogP contribution < -0.4 is 11.1 Å². The van der Waals surface area contributed by atoms with Gasteiger partial charge in [-0.1, -0.05) is 6.92 Å². The highest BCUT2D eigenvalue weighted by Gasteiger charge is 2.51. The van der Waals surface area contributed by atoms with Crippen LogP contribution in [0.25, 0.3) is 0 Å². The van der Waals surface area contributed by atoms with E-state index in [-0.39, 0.29) is 16.9 Å². The number of amides is 1. The number of nitrogens with zero attached hydrogens (tertiary/aromatic N) is 1. The topological polar surface area (TPSA) is 58.4 Å². The van der Waals surface area contributed by atoms with E-state index in [1.165, 1.54) is 38.5 Å².